The van der Waals surface area contributed by atoms with Crippen molar-refractivity contribution < 1.29 is 4.42 Å². The molecule has 0 unspecified atom stereocenters. The molecule has 0 bridgehead atoms. The number of rotatable bonds is 8. The average Bonchev–Trinajstić information content (AvgIpc) is 3.72. The molecule has 0 aliphatic carbocycles. The molecular weight excluding hydrogens is 727 g/mol. The van der Waals surface area contributed by atoms with Crippen LogP contribution in [0.15, 0.2) is 241 Å². The Morgan fingerprint density at radius 1 is 0.283 bits per heavy atom. The van der Waals surface area contributed by atoms with E-state index in [-0.39, 0.29) is 0 Å². The van der Waals surface area contributed by atoms with Crippen LogP contribution in [-0.2, 0) is 0 Å². The molecule has 10 aromatic carbocycles. The van der Waals surface area contributed by atoms with E-state index < -0.39 is 0 Å². The minimum Gasteiger partial charge on any atom is -0.455 e. The van der Waals surface area contributed by atoms with Crippen molar-refractivity contribution >= 4 is 49.8 Å². The summed E-state index contributed by atoms with van der Waals surface area (Å²) in [6.07, 6.45) is 0. The van der Waals surface area contributed by atoms with E-state index >= 15 is 0 Å². The van der Waals surface area contributed by atoms with E-state index in [4.69, 9.17) is 4.42 Å². The lowest BCUT2D eigenvalue weighted by Crippen LogP contribution is -2.10. The Kier molecular flexibility index (Phi) is 8.87. The molecule has 282 valence electrons. The lowest BCUT2D eigenvalue weighted by atomic mass is 9.90. The number of para-hydroxylation sites is 1. The second kappa shape index (κ2) is 15.1. The quantitative estimate of drug-likeness (QED) is 0.153. The SMILES string of the molecule is c1ccc(-c2ccc(N(c3ccccc3)c3cccc4oc5c6ccccc6c(-c6cccc(-c7cc(-c8ccccc8)cc(-c8ccccc8)c7)c6)cc5c34)cc2)cc1. The largest absolute Gasteiger partial charge is 0.455 e. The molecule has 0 fully saturated rings. The summed E-state index contributed by atoms with van der Waals surface area (Å²) in [6.45, 7) is 0. The first-order valence-corrected chi connectivity index (χ1v) is 20.5. The van der Waals surface area contributed by atoms with E-state index in [0.29, 0.717) is 0 Å². The van der Waals surface area contributed by atoms with Gasteiger partial charge in [0.05, 0.1) is 11.1 Å². The van der Waals surface area contributed by atoms with E-state index in [0.717, 1.165) is 55.3 Å². The van der Waals surface area contributed by atoms with Gasteiger partial charge in [0, 0.05) is 22.1 Å². The van der Waals surface area contributed by atoms with Gasteiger partial charge in [-0.25, -0.2) is 0 Å². The van der Waals surface area contributed by atoms with Crippen LogP contribution in [0.25, 0.3) is 88.3 Å². The smallest absolute Gasteiger partial charge is 0.143 e. The average molecular weight is 766 g/mol. The van der Waals surface area contributed by atoms with Crippen LogP contribution in [0, 0.1) is 0 Å². The van der Waals surface area contributed by atoms with Crippen molar-refractivity contribution in [3.05, 3.63) is 237 Å². The highest BCUT2D eigenvalue weighted by Crippen LogP contribution is 2.47. The van der Waals surface area contributed by atoms with Gasteiger partial charge in [-0.3, -0.25) is 0 Å². The van der Waals surface area contributed by atoms with Crippen LogP contribution in [0.4, 0.5) is 17.1 Å². The van der Waals surface area contributed by atoms with Gasteiger partial charge < -0.3 is 9.32 Å². The molecule has 0 atom stereocenters. The second-order valence-corrected chi connectivity index (χ2v) is 15.3. The molecule has 0 N–H and O–H groups in total. The molecule has 2 nitrogen and oxygen atoms in total. The standard InChI is InChI=1S/C58H39NO/c1-5-17-40(18-6-1)43-31-33-50(34-32-43)59(49-25-11-4-12-26-49)55-29-16-30-56-57(55)54-39-53(51-27-13-14-28-52(51)58(54)60-56)45-24-15-23-44(35-45)48-37-46(41-19-7-2-8-20-41)36-47(38-48)42-21-9-3-10-22-42/h1-39H. The van der Waals surface area contributed by atoms with E-state index in [1.54, 1.807) is 0 Å². The number of hydrogen-bond acceptors (Lipinski definition) is 2. The number of nitrogens with zero attached hydrogens (tertiary/aromatic N) is 1. The van der Waals surface area contributed by atoms with Crippen LogP contribution in [0.2, 0.25) is 0 Å². The minimum absolute atomic E-state index is 0.853. The minimum atomic E-state index is 0.853. The van der Waals surface area contributed by atoms with Gasteiger partial charge in [0.1, 0.15) is 11.2 Å². The first kappa shape index (κ1) is 35.2. The Morgan fingerprint density at radius 3 is 1.37 bits per heavy atom. The van der Waals surface area contributed by atoms with E-state index in [2.05, 4.69) is 241 Å². The number of furan rings is 1. The maximum atomic E-state index is 6.87. The molecule has 0 spiro atoms. The summed E-state index contributed by atoms with van der Waals surface area (Å²) in [6, 6.07) is 84.8. The summed E-state index contributed by atoms with van der Waals surface area (Å²) in [5.41, 5.74) is 16.8. The normalized spacial score (nSPS) is 11.3. The molecule has 1 heterocycles. The van der Waals surface area contributed by atoms with Crippen molar-refractivity contribution in [1.82, 2.24) is 0 Å². The van der Waals surface area contributed by atoms with Gasteiger partial charge in [0.15, 0.2) is 0 Å². The molecule has 0 aliphatic rings. The van der Waals surface area contributed by atoms with Crippen LogP contribution < -0.4 is 4.90 Å². The van der Waals surface area contributed by atoms with Gasteiger partial charge in [-0.2, -0.15) is 0 Å². The topological polar surface area (TPSA) is 16.4 Å². The zero-order valence-corrected chi connectivity index (χ0v) is 32.9. The maximum Gasteiger partial charge on any atom is 0.143 e. The van der Waals surface area contributed by atoms with Crippen molar-refractivity contribution in [1.29, 1.82) is 0 Å². The molecule has 11 aromatic rings. The molecule has 0 radical (unpaired) electrons. The summed E-state index contributed by atoms with van der Waals surface area (Å²) in [5, 5.41) is 4.41. The Bertz CT molecular complexity index is 3220. The fraction of sp³-hybridized carbons (Fsp3) is 0. The van der Waals surface area contributed by atoms with Crippen molar-refractivity contribution in [3.8, 4) is 55.6 Å². The second-order valence-electron chi connectivity index (χ2n) is 15.3. The van der Waals surface area contributed by atoms with Crippen LogP contribution in [0.5, 0.6) is 0 Å². The third-order valence-electron chi connectivity index (χ3n) is 11.6. The predicted octanol–water partition coefficient (Wildman–Crippen LogP) is 16.5. The third kappa shape index (κ3) is 6.41. The molecule has 2 heteroatoms. The first-order valence-electron chi connectivity index (χ1n) is 20.5. The Morgan fingerprint density at radius 2 is 0.733 bits per heavy atom. The fourth-order valence-corrected chi connectivity index (χ4v) is 8.75. The van der Waals surface area contributed by atoms with Gasteiger partial charge in [0.25, 0.3) is 0 Å². The van der Waals surface area contributed by atoms with Gasteiger partial charge >= 0.3 is 0 Å². The lowest BCUT2D eigenvalue weighted by Gasteiger charge is -2.26. The van der Waals surface area contributed by atoms with Crippen LogP contribution in [0.1, 0.15) is 0 Å². The highest BCUT2D eigenvalue weighted by molar-refractivity contribution is 6.22. The number of benzene rings is 10. The van der Waals surface area contributed by atoms with Gasteiger partial charge in [0.2, 0.25) is 0 Å². The molecular formula is C58H39NO. The summed E-state index contributed by atoms with van der Waals surface area (Å²) in [7, 11) is 0. The highest BCUT2D eigenvalue weighted by atomic mass is 16.3. The molecule has 11 rings (SSSR count). The molecule has 0 aliphatic heterocycles. The Balaban J connectivity index is 1.10. The van der Waals surface area contributed by atoms with Crippen molar-refractivity contribution in [2.24, 2.45) is 0 Å². The fourth-order valence-electron chi connectivity index (χ4n) is 8.75. The maximum absolute atomic E-state index is 6.87. The zero-order valence-electron chi connectivity index (χ0n) is 32.9. The summed E-state index contributed by atoms with van der Waals surface area (Å²) >= 11 is 0. The number of hydrogen-bond donors (Lipinski definition) is 0. The third-order valence-corrected chi connectivity index (χ3v) is 11.6. The molecule has 0 saturated heterocycles. The van der Waals surface area contributed by atoms with Crippen molar-refractivity contribution in [2.75, 3.05) is 4.90 Å². The Labute approximate surface area is 349 Å². The van der Waals surface area contributed by atoms with Gasteiger partial charge in [-0.05, 0) is 128 Å². The van der Waals surface area contributed by atoms with E-state index in [1.807, 2.05) is 0 Å². The van der Waals surface area contributed by atoms with Crippen molar-refractivity contribution in [3.63, 3.8) is 0 Å². The molecule has 0 saturated carbocycles. The lowest BCUT2D eigenvalue weighted by molar-refractivity contribution is 0.672. The first-order chi connectivity index (χ1) is 29.7. The predicted molar refractivity (Wildman–Crippen MR) is 253 cm³/mol. The van der Waals surface area contributed by atoms with Crippen molar-refractivity contribution in [2.45, 2.75) is 0 Å². The summed E-state index contributed by atoms with van der Waals surface area (Å²) in [4.78, 5) is 2.35. The summed E-state index contributed by atoms with van der Waals surface area (Å²) < 4.78 is 6.87. The van der Waals surface area contributed by atoms with Gasteiger partial charge in [-0.1, -0.05) is 170 Å². The molecule has 0 amide bonds. The van der Waals surface area contributed by atoms with Crippen LogP contribution in [-0.4, -0.2) is 0 Å². The van der Waals surface area contributed by atoms with Crippen LogP contribution >= 0.6 is 0 Å². The Hall–Kier alpha value is -7.94. The zero-order chi connectivity index (χ0) is 39.8. The monoisotopic (exact) mass is 765 g/mol. The van der Waals surface area contributed by atoms with E-state index in [1.165, 1.54) is 50.1 Å². The molecule has 60 heavy (non-hydrogen) atoms. The number of fused-ring (bicyclic) bond motifs is 5. The molecule has 1 aromatic heterocycles. The van der Waals surface area contributed by atoms with E-state index in [9.17, 15) is 0 Å². The van der Waals surface area contributed by atoms with Crippen LogP contribution in [0.3, 0.4) is 0 Å². The van der Waals surface area contributed by atoms with Gasteiger partial charge in [-0.15, -0.1) is 0 Å². The highest BCUT2D eigenvalue weighted by Gasteiger charge is 2.22. The number of anilines is 3. The summed E-state index contributed by atoms with van der Waals surface area (Å²) in [5.74, 6) is 0.